The molecule has 0 aliphatic carbocycles. The van der Waals surface area contributed by atoms with E-state index in [9.17, 15) is 9.59 Å². The van der Waals surface area contributed by atoms with Gasteiger partial charge in [-0.25, -0.2) is 4.98 Å². The van der Waals surface area contributed by atoms with Gasteiger partial charge in [0.1, 0.15) is 11.4 Å². The summed E-state index contributed by atoms with van der Waals surface area (Å²) in [5.74, 6) is -0.0606. The number of carbonyl (C=O) groups excluding carboxylic acids is 1. The van der Waals surface area contributed by atoms with Gasteiger partial charge in [0, 0.05) is 28.9 Å². The molecule has 0 saturated carbocycles. The maximum Gasteiger partial charge on any atom is 0.263 e. The Balaban J connectivity index is 1.37. The van der Waals surface area contributed by atoms with Crippen LogP contribution in [0.4, 0.5) is 0 Å². The number of hydrogen-bond acceptors (Lipinski definition) is 5. The zero-order valence-corrected chi connectivity index (χ0v) is 17.8. The van der Waals surface area contributed by atoms with E-state index in [0.717, 1.165) is 16.9 Å². The minimum Gasteiger partial charge on any atom is -0.337 e. The fourth-order valence-electron chi connectivity index (χ4n) is 3.75. The van der Waals surface area contributed by atoms with E-state index in [1.807, 2.05) is 41.1 Å². The molecule has 4 heterocycles. The minimum atomic E-state index is -0.157. The van der Waals surface area contributed by atoms with E-state index < -0.39 is 0 Å². The predicted molar refractivity (Wildman–Crippen MR) is 123 cm³/mol. The smallest absolute Gasteiger partial charge is 0.263 e. The van der Waals surface area contributed by atoms with Crippen LogP contribution < -0.4 is 5.56 Å². The molecule has 0 N–H and O–H groups in total. The van der Waals surface area contributed by atoms with Gasteiger partial charge >= 0.3 is 0 Å². The molecule has 1 aliphatic heterocycles. The minimum absolute atomic E-state index is 0.00993. The molecule has 5 nitrogen and oxygen atoms in total. The van der Waals surface area contributed by atoms with Gasteiger partial charge in [-0.3, -0.25) is 14.2 Å². The molecule has 3 aromatic heterocycles. The van der Waals surface area contributed by atoms with Crippen LogP contribution in [0.3, 0.4) is 0 Å². The van der Waals surface area contributed by atoms with Crippen LogP contribution in [0.1, 0.15) is 12.0 Å². The molecule has 30 heavy (non-hydrogen) atoms. The normalized spacial score (nSPS) is 14.1. The van der Waals surface area contributed by atoms with E-state index in [4.69, 9.17) is 0 Å². The van der Waals surface area contributed by atoms with Gasteiger partial charge in [0.05, 0.1) is 11.7 Å². The van der Waals surface area contributed by atoms with Gasteiger partial charge in [-0.05, 0) is 29.0 Å². The fourth-order valence-corrected chi connectivity index (χ4v) is 5.47. The molecule has 0 spiro atoms. The SMILES string of the molecule is O=C(Cn1cnc2scc(-c3cccs3)c2c1=O)N1CC=C(c2ccccc2)CC1. The van der Waals surface area contributed by atoms with Crippen LogP contribution in [0, 0.1) is 0 Å². The first kappa shape index (κ1) is 19.0. The molecule has 1 aromatic carbocycles. The average molecular weight is 434 g/mol. The lowest BCUT2D eigenvalue weighted by molar-refractivity contribution is -0.131. The van der Waals surface area contributed by atoms with E-state index in [1.54, 1.807) is 16.2 Å². The summed E-state index contributed by atoms with van der Waals surface area (Å²) >= 11 is 3.05. The van der Waals surface area contributed by atoms with E-state index in [-0.39, 0.29) is 18.0 Å². The number of rotatable bonds is 4. The second-order valence-electron chi connectivity index (χ2n) is 7.17. The van der Waals surface area contributed by atoms with Crippen LogP contribution >= 0.6 is 22.7 Å². The quantitative estimate of drug-likeness (QED) is 0.476. The zero-order valence-electron chi connectivity index (χ0n) is 16.2. The Labute approximate surface area is 181 Å². The first-order valence-electron chi connectivity index (χ1n) is 9.73. The van der Waals surface area contributed by atoms with Gasteiger partial charge in [-0.2, -0.15) is 0 Å². The van der Waals surface area contributed by atoms with Gasteiger partial charge in [-0.1, -0.05) is 42.5 Å². The second-order valence-corrected chi connectivity index (χ2v) is 8.98. The first-order chi connectivity index (χ1) is 14.7. The molecule has 150 valence electrons. The van der Waals surface area contributed by atoms with Crippen LogP contribution in [0.2, 0.25) is 0 Å². The summed E-state index contributed by atoms with van der Waals surface area (Å²) in [6, 6.07) is 14.2. The van der Waals surface area contributed by atoms with Gasteiger partial charge in [0.25, 0.3) is 5.56 Å². The second kappa shape index (κ2) is 8.01. The average Bonchev–Trinajstić information content (AvgIpc) is 3.46. The summed E-state index contributed by atoms with van der Waals surface area (Å²) in [5.41, 5.74) is 3.21. The van der Waals surface area contributed by atoms with Gasteiger partial charge in [-0.15, -0.1) is 22.7 Å². The van der Waals surface area contributed by atoms with Crippen LogP contribution in [0.5, 0.6) is 0 Å². The highest BCUT2D eigenvalue weighted by molar-refractivity contribution is 7.18. The maximum atomic E-state index is 13.1. The summed E-state index contributed by atoms with van der Waals surface area (Å²) in [6.45, 7) is 1.23. The number of benzene rings is 1. The van der Waals surface area contributed by atoms with Crippen LogP contribution in [0.15, 0.2) is 70.4 Å². The largest absolute Gasteiger partial charge is 0.337 e. The van der Waals surface area contributed by atoms with Crippen LogP contribution in [-0.2, 0) is 11.3 Å². The molecule has 5 rings (SSSR count). The van der Waals surface area contributed by atoms with Crippen LogP contribution in [-0.4, -0.2) is 33.4 Å². The summed E-state index contributed by atoms with van der Waals surface area (Å²) in [4.78, 5) is 34.0. The molecule has 1 amide bonds. The van der Waals surface area contributed by atoms with Gasteiger partial charge in [0.2, 0.25) is 5.91 Å². The predicted octanol–water partition coefficient (Wildman–Crippen LogP) is 4.50. The number of thiophene rings is 2. The van der Waals surface area contributed by atoms with Crippen molar-refractivity contribution in [3.63, 3.8) is 0 Å². The van der Waals surface area contributed by atoms with Crippen molar-refractivity contribution in [3.05, 3.63) is 81.5 Å². The van der Waals surface area contributed by atoms with Crippen LogP contribution in [0.25, 0.3) is 26.2 Å². The molecule has 1 aliphatic rings. The van der Waals surface area contributed by atoms with E-state index >= 15 is 0 Å². The molecule has 0 bridgehead atoms. The third-order valence-electron chi connectivity index (χ3n) is 5.36. The number of fused-ring (bicyclic) bond motifs is 1. The molecule has 7 heteroatoms. The Bertz CT molecular complexity index is 1290. The molecule has 0 radical (unpaired) electrons. The number of amides is 1. The van der Waals surface area contributed by atoms with Crippen molar-refractivity contribution in [2.75, 3.05) is 13.1 Å². The third-order valence-corrected chi connectivity index (χ3v) is 7.15. The number of aromatic nitrogens is 2. The lowest BCUT2D eigenvalue weighted by Gasteiger charge is -2.27. The standard InChI is InChI=1S/C23H19N3O2S2/c27-20(25-10-8-17(9-11-25)16-5-2-1-3-6-16)13-26-15-24-22-21(23(26)28)18(14-30-22)19-7-4-12-29-19/h1-8,12,14-15H,9-11,13H2. The molecule has 0 fully saturated rings. The topological polar surface area (TPSA) is 55.2 Å². The Morgan fingerprint density at radius 2 is 1.97 bits per heavy atom. The summed E-state index contributed by atoms with van der Waals surface area (Å²) in [5, 5.41) is 4.56. The molecule has 0 unspecified atom stereocenters. The van der Waals surface area contributed by atoms with E-state index in [1.165, 1.54) is 33.4 Å². The van der Waals surface area contributed by atoms with Crippen molar-refractivity contribution < 1.29 is 4.79 Å². The highest BCUT2D eigenvalue weighted by atomic mass is 32.1. The molecule has 0 atom stereocenters. The Hall–Kier alpha value is -3.03. The van der Waals surface area contributed by atoms with Crippen molar-refractivity contribution in [3.8, 4) is 10.4 Å². The Kier molecular flexibility index (Phi) is 5.06. The number of nitrogens with zero attached hydrogens (tertiary/aromatic N) is 3. The molecule has 0 saturated heterocycles. The van der Waals surface area contributed by atoms with Crippen molar-refractivity contribution in [2.24, 2.45) is 0 Å². The zero-order chi connectivity index (χ0) is 20.5. The fraction of sp³-hybridized carbons (Fsp3) is 0.174. The first-order valence-corrected chi connectivity index (χ1v) is 11.5. The lowest BCUT2D eigenvalue weighted by Crippen LogP contribution is -2.39. The van der Waals surface area contributed by atoms with Gasteiger partial charge in [0.15, 0.2) is 0 Å². The lowest BCUT2D eigenvalue weighted by atomic mass is 9.99. The third kappa shape index (κ3) is 3.51. The van der Waals surface area contributed by atoms with Crippen molar-refractivity contribution in [1.82, 2.24) is 14.5 Å². The monoisotopic (exact) mass is 433 g/mol. The highest BCUT2D eigenvalue weighted by Crippen LogP contribution is 2.33. The Morgan fingerprint density at radius 3 is 2.70 bits per heavy atom. The van der Waals surface area contributed by atoms with E-state index in [2.05, 4.69) is 23.2 Å². The van der Waals surface area contributed by atoms with Gasteiger partial charge < -0.3 is 4.90 Å². The van der Waals surface area contributed by atoms with E-state index in [0.29, 0.717) is 23.3 Å². The number of hydrogen-bond donors (Lipinski definition) is 0. The van der Waals surface area contributed by atoms with Crippen molar-refractivity contribution >= 4 is 44.4 Å². The molecule has 4 aromatic rings. The number of carbonyl (C=O) groups is 1. The summed E-state index contributed by atoms with van der Waals surface area (Å²) < 4.78 is 1.44. The summed E-state index contributed by atoms with van der Waals surface area (Å²) in [7, 11) is 0. The Morgan fingerprint density at radius 1 is 1.10 bits per heavy atom. The molecular formula is C23H19N3O2S2. The van der Waals surface area contributed by atoms with Crippen molar-refractivity contribution in [2.45, 2.75) is 13.0 Å². The summed E-state index contributed by atoms with van der Waals surface area (Å²) in [6.07, 6.45) is 4.41. The molecular weight excluding hydrogens is 414 g/mol. The van der Waals surface area contributed by atoms with Crippen molar-refractivity contribution in [1.29, 1.82) is 0 Å². The maximum absolute atomic E-state index is 13.1. The highest BCUT2D eigenvalue weighted by Gasteiger charge is 2.20.